The SMILES string of the molecule is COCCC(Nc1nc(C)ccc1[N+](=O)[O-])C(=O)O. The van der Waals surface area contributed by atoms with E-state index in [1.54, 1.807) is 6.92 Å². The number of carbonyl (C=O) groups is 1. The van der Waals surface area contributed by atoms with Gasteiger partial charge in [-0.2, -0.15) is 0 Å². The van der Waals surface area contributed by atoms with Crippen LogP contribution in [0.15, 0.2) is 12.1 Å². The lowest BCUT2D eigenvalue weighted by Gasteiger charge is -2.14. The lowest BCUT2D eigenvalue weighted by atomic mass is 10.2. The number of anilines is 1. The summed E-state index contributed by atoms with van der Waals surface area (Å²) < 4.78 is 4.80. The van der Waals surface area contributed by atoms with Gasteiger partial charge in [0.25, 0.3) is 0 Å². The van der Waals surface area contributed by atoms with Crippen molar-refractivity contribution in [1.29, 1.82) is 0 Å². The number of nitro groups is 1. The number of methoxy groups -OCH3 is 1. The van der Waals surface area contributed by atoms with Crippen LogP contribution in [0.5, 0.6) is 0 Å². The molecule has 0 saturated carbocycles. The fourth-order valence-electron chi connectivity index (χ4n) is 1.46. The Balaban J connectivity index is 2.97. The van der Waals surface area contributed by atoms with E-state index in [0.29, 0.717) is 5.69 Å². The second-order valence-electron chi connectivity index (χ2n) is 3.89. The predicted octanol–water partition coefficient (Wildman–Crippen LogP) is 1.20. The molecule has 0 fully saturated rings. The van der Waals surface area contributed by atoms with E-state index in [9.17, 15) is 14.9 Å². The van der Waals surface area contributed by atoms with Crippen molar-refractivity contribution < 1.29 is 19.6 Å². The first-order valence-corrected chi connectivity index (χ1v) is 5.56. The summed E-state index contributed by atoms with van der Waals surface area (Å²) in [5.41, 5.74) is 0.304. The van der Waals surface area contributed by atoms with Crippen molar-refractivity contribution in [2.45, 2.75) is 19.4 Å². The van der Waals surface area contributed by atoms with Gasteiger partial charge in [-0.25, -0.2) is 9.78 Å². The van der Waals surface area contributed by atoms with E-state index in [0.717, 1.165) is 0 Å². The summed E-state index contributed by atoms with van der Waals surface area (Å²) in [6.07, 6.45) is 0.179. The molecule has 0 aliphatic rings. The minimum Gasteiger partial charge on any atom is -0.480 e. The largest absolute Gasteiger partial charge is 0.480 e. The first-order valence-electron chi connectivity index (χ1n) is 5.56. The second kappa shape index (κ2) is 6.64. The van der Waals surface area contributed by atoms with Gasteiger partial charge in [0.2, 0.25) is 5.82 Å². The number of hydrogen-bond acceptors (Lipinski definition) is 6. The van der Waals surface area contributed by atoms with Crippen LogP contribution in [0.1, 0.15) is 12.1 Å². The molecule has 2 N–H and O–H groups in total. The third kappa shape index (κ3) is 4.18. The average molecular weight is 269 g/mol. The van der Waals surface area contributed by atoms with Gasteiger partial charge in [0, 0.05) is 31.9 Å². The molecular weight excluding hydrogens is 254 g/mol. The van der Waals surface area contributed by atoms with Crippen molar-refractivity contribution in [1.82, 2.24) is 4.98 Å². The first-order chi connectivity index (χ1) is 8.95. The molecule has 0 saturated heterocycles. The number of aliphatic carboxylic acids is 1. The molecule has 19 heavy (non-hydrogen) atoms. The van der Waals surface area contributed by atoms with Crippen LogP contribution in [0, 0.1) is 17.0 Å². The van der Waals surface area contributed by atoms with E-state index in [1.807, 2.05) is 0 Å². The Kier molecular flexibility index (Phi) is 5.19. The number of nitrogens with one attached hydrogen (secondary N) is 1. The maximum Gasteiger partial charge on any atom is 0.326 e. The van der Waals surface area contributed by atoms with Gasteiger partial charge in [-0.05, 0) is 13.0 Å². The molecule has 8 heteroatoms. The van der Waals surface area contributed by atoms with Crippen molar-refractivity contribution in [3.8, 4) is 0 Å². The summed E-state index contributed by atoms with van der Waals surface area (Å²) in [7, 11) is 1.45. The zero-order valence-corrected chi connectivity index (χ0v) is 10.6. The summed E-state index contributed by atoms with van der Waals surface area (Å²) in [4.78, 5) is 25.3. The van der Waals surface area contributed by atoms with Crippen molar-refractivity contribution in [2.24, 2.45) is 0 Å². The Morgan fingerprint density at radius 3 is 2.84 bits per heavy atom. The highest BCUT2D eigenvalue weighted by Crippen LogP contribution is 2.23. The Bertz CT molecular complexity index is 477. The van der Waals surface area contributed by atoms with Crippen molar-refractivity contribution in [3.05, 3.63) is 27.9 Å². The van der Waals surface area contributed by atoms with Gasteiger partial charge >= 0.3 is 11.7 Å². The number of nitrogens with zero attached hydrogens (tertiary/aromatic N) is 2. The third-order valence-corrected chi connectivity index (χ3v) is 2.43. The number of pyridine rings is 1. The van der Waals surface area contributed by atoms with E-state index < -0.39 is 16.9 Å². The monoisotopic (exact) mass is 269 g/mol. The highest BCUT2D eigenvalue weighted by molar-refractivity contribution is 5.78. The van der Waals surface area contributed by atoms with E-state index in [2.05, 4.69) is 10.3 Å². The summed E-state index contributed by atoms with van der Waals surface area (Å²) in [5.74, 6) is -1.16. The molecule has 0 radical (unpaired) electrons. The zero-order valence-electron chi connectivity index (χ0n) is 10.6. The molecule has 1 aromatic rings. The smallest absolute Gasteiger partial charge is 0.326 e. The molecular formula is C11H15N3O5. The van der Waals surface area contributed by atoms with Crippen LogP contribution < -0.4 is 5.32 Å². The van der Waals surface area contributed by atoms with Gasteiger partial charge in [0.15, 0.2) is 0 Å². The van der Waals surface area contributed by atoms with E-state index in [-0.39, 0.29) is 24.5 Å². The quantitative estimate of drug-likeness (QED) is 0.564. The number of rotatable bonds is 7. The minimum atomic E-state index is -1.12. The molecule has 0 bridgehead atoms. The Morgan fingerprint density at radius 1 is 1.63 bits per heavy atom. The third-order valence-electron chi connectivity index (χ3n) is 2.43. The first kappa shape index (κ1) is 14.8. The zero-order chi connectivity index (χ0) is 14.4. The molecule has 1 atom stereocenters. The molecule has 1 aromatic heterocycles. The Hall–Kier alpha value is -2.22. The lowest BCUT2D eigenvalue weighted by Crippen LogP contribution is -2.31. The molecule has 0 spiro atoms. The number of aromatic nitrogens is 1. The fourth-order valence-corrected chi connectivity index (χ4v) is 1.46. The van der Waals surface area contributed by atoms with Gasteiger partial charge in [-0.1, -0.05) is 0 Å². The van der Waals surface area contributed by atoms with Gasteiger partial charge in [-0.3, -0.25) is 10.1 Å². The van der Waals surface area contributed by atoms with Crippen LogP contribution in [0.3, 0.4) is 0 Å². The van der Waals surface area contributed by atoms with Gasteiger partial charge < -0.3 is 15.2 Å². The topological polar surface area (TPSA) is 115 Å². The number of carboxylic acid groups (broad SMARTS) is 1. The number of hydrogen-bond donors (Lipinski definition) is 2. The second-order valence-corrected chi connectivity index (χ2v) is 3.89. The highest BCUT2D eigenvalue weighted by atomic mass is 16.6. The van der Waals surface area contributed by atoms with Crippen LogP contribution in [-0.2, 0) is 9.53 Å². The fraction of sp³-hybridized carbons (Fsp3) is 0.455. The summed E-state index contributed by atoms with van der Waals surface area (Å²) >= 11 is 0. The average Bonchev–Trinajstić information content (AvgIpc) is 2.33. The molecule has 0 amide bonds. The molecule has 0 aliphatic heterocycles. The van der Waals surface area contributed by atoms with Gasteiger partial charge in [0.05, 0.1) is 4.92 Å². The van der Waals surface area contributed by atoms with Crippen molar-refractivity contribution in [3.63, 3.8) is 0 Å². The summed E-state index contributed by atoms with van der Waals surface area (Å²) in [6, 6.07) is 1.79. The molecule has 8 nitrogen and oxygen atoms in total. The van der Waals surface area contributed by atoms with Crippen LogP contribution in [-0.4, -0.2) is 40.7 Å². The number of ether oxygens (including phenoxy) is 1. The summed E-state index contributed by atoms with van der Waals surface area (Å²) in [6.45, 7) is 1.89. The van der Waals surface area contributed by atoms with Gasteiger partial charge in [0.1, 0.15) is 6.04 Å². The van der Waals surface area contributed by atoms with Crippen LogP contribution in [0.4, 0.5) is 11.5 Å². The van der Waals surface area contributed by atoms with Crippen LogP contribution in [0.25, 0.3) is 0 Å². The highest BCUT2D eigenvalue weighted by Gasteiger charge is 2.23. The lowest BCUT2D eigenvalue weighted by molar-refractivity contribution is -0.384. The normalized spacial score (nSPS) is 11.9. The molecule has 0 aromatic carbocycles. The molecule has 0 aliphatic carbocycles. The maximum absolute atomic E-state index is 11.1. The van der Waals surface area contributed by atoms with E-state index >= 15 is 0 Å². The standard InChI is InChI=1S/C11H15N3O5/c1-7-3-4-9(14(17)18)10(12-7)13-8(11(15)16)5-6-19-2/h3-4,8H,5-6H2,1-2H3,(H,12,13)(H,15,16). The predicted molar refractivity (Wildman–Crippen MR) is 67.2 cm³/mol. The Labute approximate surface area is 109 Å². The maximum atomic E-state index is 11.1. The molecule has 1 heterocycles. The van der Waals surface area contributed by atoms with Crippen molar-refractivity contribution >= 4 is 17.5 Å². The molecule has 1 rings (SSSR count). The van der Waals surface area contributed by atoms with Crippen molar-refractivity contribution in [2.75, 3.05) is 19.0 Å². The summed E-state index contributed by atoms with van der Waals surface area (Å²) in [5, 5.41) is 22.5. The molecule has 104 valence electrons. The van der Waals surface area contributed by atoms with Crippen LogP contribution >= 0.6 is 0 Å². The van der Waals surface area contributed by atoms with E-state index in [1.165, 1.54) is 19.2 Å². The molecule has 1 unspecified atom stereocenters. The Morgan fingerprint density at radius 2 is 2.32 bits per heavy atom. The number of carboxylic acids is 1. The number of aryl methyl sites for hydroxylation is 1. The minimum absolute atomic E-state index is 0.0477. The van der Waals surface area contributed by atoms with Crippen LogP contribution in [0.2, 0.25) is 0 Å². The van der Waals surface area contributed by atoms with Gasteiger partial charge in [-0.15, -0.1) is 0 Å². The van der Waals surface area contributed by atoms with E-state index in [4.69, 9.17) is 9.84 Å².